The highest BCUT2D eigenvalue weighted by Gasteiger charge is 2.50. The Balaban J connectivity index is 1.81. The summed E-state index contributed by atoms with van der Waals surface area (Å²) in [5, 5.41) is 0. The van der Waals surface area contributed by atoms with Gasteiger partial charge < -0.3 is 14.2 Å². The number of alkyl halides is 3. The van der Waals surface area contributed by atoms with Crippen LogP contribution in [0.3, 0.4) is 0 Å². The molecule has 0 spiro atoms. The van der Waals surface area contributed by atoms with Crippen molar-refractivity contribution in [2.24, 2.45) is 5.41 Å². The number of carbonyl (C=O) groups excluding carboxylic acids is 2. The number of hydrogen-bond donors (Lipinski definition) is 0. The van der Waals surface area contributed by atoms with Gasteiger partial charge in [0, 0.05) is 18.3 Å². The van der Waals surface area contributed by atoms with Crippen LogP contribution in [0.1, 0.15) is 26.2 Å². The number of hydrogen-bond acceptors (Lipinski definition) is 5. The molecule has 0 amide bonds. The Morgan fingerprint density at radius 3 is 2.05 bits per heavy atom. The van der Waals surface area contributed by atoms with Crippen molar-refractivity contribution in [2.45, 2.75) is 38.3 Å². The maximum atomic E-state index is 12.0. The van der Waals surface area contributed by atoms with E-state index in [1.165, 1.54) is 0 Å². The lowest BCUT2D eigenvalue weighted by molar-refractivity contribution is -0.467. The molecule has 114 valence electrons. The van der Waals surface area contributed by atoms with Crippen LogP contribution < -0.4 is 0 Å². The Morgan fingerprint density at radius 2 is 1.60 bits per heavy atom. The van der Waals surface area contributed by atoms with Crippen molar-refractivity contribution < 1.29 is 37.0 Å². The minimum atomic E-state index is -4.98. The fourth-order valence-corrected chi connectivity index (χ4v) is 1.98. The van der Waals surface area contributed by atoms with E-state index >= 15 is 0 Å². The van der Waals surface area contributed by atoms with Gasteiger partial charge in [0.25, 0.3) is 5.97 Å². The molecule has 5 nitrogen and oxygen atoms in total. The first-order valence-electron chi connectivity index (χ1n) is 6.18. The molecule has 0 atom stereocenters. The summed E-state index contributed by atoms with van der Waals surface area (Å²) in [6, 6.07) is 0. The molecular formula is C12H15F3O5. The van der Waals surface area contributed by atoms with Crippen LogP contribution in [-0.4, -0.2) is 43.5 Å². The first-order valence-corrected chi connectivity index (χ1v) is 6.18. The molecule has 0 aromatic rings. The zero-order valence-corrected chi connectivity index (χ0v) is 10.9. The molecule has 8 heteroatoms. The lowest BCUT2D eigenvalue weighted by atomic mass is 9.91. The third-order valence-electron chi connectivity index (χ3n) is 3.31. The zero-order chi connectivity index (χ0) is 15.0. The van der Waals surface area contributed by atoms with Crippen molar-refractivity contribution in [2.75, 3.05) is 19.8 Å². The van der Waals surface area contributed by atoms with E-state index in [2.05, 4.69) is 0 Å². The van der Waals surface area contributed by atoms with Crippen LogP contribution in [0.25, 0.3) is 0 Å². The molecule has 0 N–H and O–H groups in total. The fourth-order valence-electron chi connectivity index (χ4n) is 1.98. The number of ether oxygens (including phenoxy) is 3. The standard InChI is InChI=1S/C12H15F3O5/c1-10-5-18-11(19-6-10,20-7-10)3-2-8(16)4-9(17)12(13,14)15/h2-7H2,1H3. The van der Waals surface area contributed by atoms with Crippen molar-refractivity contribution in [3.63, 3.8) is 0 Å². The number of ketones is 2. The molecule has 3 aliphatic heterocycles. The van der Waals surface area contributed by atoms with Crippen LogP contribution in [0.2, 0.25) is 0 Å². The molecule has 0 saturated carbocycles. The molecule has 20 heavy (non-hydrogen) atoms. The summed E-state index contributed by atoms with van der Waals surface area (Å²) in [6.45, 7) is 3.14. The van der Waals surface area contributed by atoms with Crippen molar-refractivity contribution in [1.29, 1.82) is 0 Å². The van der Waals surface area contributed by atoms with Gasteiger partial charge >= 0.3 is 6.18 Å². The highest BCUT2D eigenvalue weighted by Crippen LogP contribution is 2.40. The van der Waals surface area contributed by atoms with Crippen molar-refractivity contribution in [3.05, 3.63) is 0 Å². The molecule has 3 aliphatic rings. The quantitative estimate of drug-likeness (QED) is 0.721. The smallest absolute Gasteiger partial charge is 0.327 e. The predicted octanol–water partition coefficient (Wildman–Crippen LogP) is 1.59. The lowest BCUT2D eigenvalue weighted by Crippen LogP contribution is -2.58. The number of rotatable bonds is 5. The Labute approximate surface area is 113 Å². The second kappa shape index (κ2) is 5.09. The number of fused-ring (bicyclic) bond motifs is 3. The molecule has 3 saturated heterocycles. The van der Waals surface area contributed by atoms with Gasteiger partial charge in [0.2, 0.25) is 5.78 Å². The van der Waals surface area contributed by atoms with Gasteiger partial charge in [0.1, 0.15) is 5.78 Å². The maximum absolute atomic E-state index is 12.0. The minimum absolute atomic E-state index is 0.0208. The molecule has 0 aromatic heterocycles. The van der Waals surface area contributed by atoms with Gasteiger partial charge in [-0.15, -0.1) is 0 Å². The van der Waals surface area contributed by atoms with E-state index in [-0.39, 0.29) is 18.3 Å². The summed E-state index contributed by atoms with van der Waals surface area (Å²) < 4.78 is 52.2. The van der Waals surface area contributed by atoms with Crippen LogP contribution in [0.4, 0.5) is 13.2 Å². The maximum Gasteiger partial charge on any atom is 0.450 e. The second-order valence-corrected chi connectivity index (χ2v) is 5.50. The molecule has 2 bridgehead atoms. The van der Waals surface area contributed by atoms with E-state index in [0.29, 0.717) is 19.8 Å². The first kappa shape index (κ1) is 15.4. The summed E-state index contributed by atoms with van der Waals surface area (Å²) >= 11 is 0. The normalized spacial score (nSPS) is 33.2. The van der Waals surface area contributed by atoms with E-state index in [1.54, 1.807) is 0 Å². The zero-order valence-electron chi connectivity index (χ0n) is 10.9. The first-order chi connectivity index (χ1) is 9.14. The average molecular weight is 296 g/mol. The van der Waals surface area contributed by atoms with Crippen LogP contribution in [0.15, 0.2) is 0 Å². The summed E-state index contributed by atoms with van der Waals surface area (Å²) in [5.74, 6) is -4.20. The fraction of sp³-hybridized carbons (Fsp3) is 0.833. The van der Waals surface area contributed by atoms with E-state index < -0.39 is 30.1 Å². The van der Waals surface area contributed by atoms with Gasteiger partial charge in [-0.1, -0.05) is 6.92 Å². The van der Waals surface area contributed by atoms with Gasteiger partial charge in [-0.25, -0.2) is 0 Å². The van der Waals surface area contributed by atoms with Crippen molar-refractivity contribution in [3.8, 4) is 0 Å². The van der Waals surface area contributed by atoms with Gasteiger partial charge in [-0.2, -0.15) is 13.2 Å². The number of halogens is 3. The second-order valence-electron chi connectivity index (χ2n) is 5.50. The Morgan fingerprint density at radius 1 is 1.10 bits per heavy atom. The van der Waals surface area contributed by atoms with Gasteiger partial charge in [0.15, 0.2) is 0 Å². The summed E-state index contributed by atoms with van der Waals surface area (Å²) in [6.07, 6.45) is -6.42. The van der Waals surface area contributed by atoms with Gasteiger partial charge in [-0.3, -0.25) is 9.59 Å². The summed E-state index contributed by atoms with van der Waals surface area (Å²) in [5.41, 5.74) is -0.224. The Hall–Kier alpha value is -0.990. The van der Waals surface area contributed by atoms with E-state index in [1.807, 2.05) is 6.92 Å². The topological polar surface area (TPSA) is 61.8 Å². The molecular weight excluding hydrogens is 281 g/mol. The molecule has 3 heterocycles. The molecule has 0 unspecified atom stereocenters. The molecule has 3 fully saturated rings. The van der Waals surface area contributed by atoms with E-state index in [4.69, 9.17) is 14.2 Å². The SMILES string of the molecule is CC12COC(CCC(=O)CC(=O)C(F)(F)F)(OC1)OC2. The van der Waals surface area contributed by atoms with Crippen LogP contribution in [-0.2, 0) is 23.8 Å². The van der Waals surface area contributed by atoms with Crippen LogP contribution in [0, 0.1) is 5.41 Å². The predicted molar refractivity (Wildman–Crippen MR) is 58.6 cm³/mol. The third-order valence-corrected chi connectivity index (χ3v) is 3.31. The lowest BCUT2D eigenvalue weighted by Gasteiger charge is -2.50. The number of Topliss-reactive ketones (excluding diaryl/α,β-unsaturated/α-hetero) is 2. The monoisotopic (exact) mass is 296 g/mol. The minimum Gasteiger partial charge on any atom is -0.327 e. The Kier molecular flexibility index (Phi) is 3.92. The van der Waals surface area contributed by atoms with Crippen LogP contribution >= 0.6 is 0 Å². The molecule has 0 radical (unpaired) electrons. The van der Waals surface area contributed by atoms with Crippen molar-refractivity contribution >= 4 is 11.6 Å². The molecule has 0 aromatic carbocycles. The third kappa shape index (κ3) is 3.36. The van der Waals surface area contributed by atoms with Crippen molar-refractivity contribution in [1.82, 2.24) is 0 Å². The van der Waals surface area contributed by atoms with Gasteiger partial charge in [0.05, 0.1) is 26.2 Å². The van der Waals surface area contributed by atoms with Crippen LogP contribution in [0.5, 0.6) is 0 Å². The summed E-state index contributed by atoms with van der Waals surface area (Å²) in [4.78, 5) is 22.1. The highest BCUT2D eigenvalue weighted by molar-refractivity contribution is 6.01. The van der Waals surface area contributed by atoms with Gasteiger partial charge in [-0.05, 0) is 0 Å². The van der Waals surface area contributed by atoms with E-state index in [9.17, 15) is 22.8 Å². The highest BCUT2D eigenvalue weighted by atomic mass is 19.4. The number of carbonyl (C=O) groups is 2. The van der Waals surface area contributed by atoms with E-state index in [0.717, 1.165) is 0 Å². The average Bonchev–Trinajstić information content (AvgIpc) is 2.37. The summed E-state index contributed by atoms with van der Waals surface area (Å²) in [7, 11) is 0. The largest absolute Gasteiger partial charge is 0.450 e. The molecule has 3 rings (SSSR count). The molecule has 0 aliphatic carbocycles. The Bertz CT molecular complexity index is 393.